The summed E-state index contributed by atoms with van der Waals surface area (Å²) in [6.07, 6.45) is 6.77. The number of pyridine rings is 1. The van der Waals surface area contributed by atoms with Crippen molar-refractivity contribution in [3.63, 3.8) is 0 Å². The molecule has 1 aromatic heterocycles. The number of para-hydroxylation sites is 1. The molecular formula is C24H35N5O2. The summed E-state index contributed by atoms with van der Waals surface area (Å²) in [7, 11) is 5.66. The number of ether oxygens (including phenoxy) is 2. The number of nitrogens with zero attached hydrogens (tertiary/aromatic N) is 3. The number of methoxy groups -OCH3 is 1. The van der Waals surface area contributed by atoms with Crippen LogP contribution in [0.4, 0.5) is 5.82 Å². The Kier molecular flexibility index (Phi) is 8.38. The minimum atomic E-state index is 0.273. The van der Waals surface area contributed by atoms with Gasteiger partial charge in [-0.2, -0.15) is 0 Å². The zero-order valence-corrected chi connectivity index (χ0v) is 19.1. The molecule has 0 bridgehead atoms. The Bertz CT molecular complexity index is 863. The van der Waals surface area contributed by atoms with Crippen molar-refractivity contribution in [3.8, 4) is 11.5 Å². The fourth-order valence-electron chi connectivity index (χ4n) is 3.66. The standard InChI is InChI=1S/C24H35N5O2/c1-5-25-24(27-16-18-13-14-26-22(15-18)29(2)3)28-17-19-9-8-12-21(30-4)23(19)31-20-10-6-7-11-20/h8-9,12-15,20H,5-7,10-11,16-17H2,1-4H3,(H2,25,27,28). The molecule has 31 heavy (non-hydrogen) atoms. The highest BCUT2D eigenvalue weighted by molar-refractivity contribution is 5.79. The minimum Gasteiger partial charge on any atom is -0.493 e. The van der Waals surface area contributed by atoms with Crippen molar-refractivity contribution < 1.29 is 9.47 Å². The number of aromatic nitrogens is 1. The lowest BCUT2D eigenvalue weighted by Gasteiger charge is -2.20. The molecule has 1 heterocycles. The van der Waals surface area contributed by atoms with Crippen molar-refractivity contribution in [2.75, 3.05) is 32.6 Å². The zero-order chi connectivity index (χ0) is 22.1. The summed E-state index contributed by atoms with van der Waals surface area (Å²) in [6.45, 7) is 4.02. The van der Waals surface area contributed by atoms with Crippen LogP contribution in [0.1, 0.15) is 43.7 Å². The molecule has 3 rings (SSSR count). The van der Waals surface area contributed by atoms with Gasteiger partial charge in [0, 0.05) is 38.9 Å². The van der Waals surface area contributed by atoms with E-state index in [2.05, 4.69) is 34.7 Å². The molecule has 0 spiro atoms. The van der Waals surface area contributed by atoms with E-state index in [0.29, 0.717) is 13.1 Å². The molecule has 168 valence electrons. The number of rotatable bonds is 9. The maximum Gasteiger partial charge on any atom is 0.191 e. The first-order chi connectivity index (χ1) is 15.1. The quantitative estimate of drug-likeness (QED) is 0.471. The normalized spacial score (nSPS) is 14.4. The van der Waals surface area contributed by atoms with Gasteiger partial charge in [-0.1, -0.05) is 12.1 Å². The Morgan fingerprint density at radius 3 is 2.71 bits per heavy atom. The molecule has 1 fully saturated rings. The van der Waals surface area contributed by atoms with Gasteiger partial charge in [-0.25, -0.2) is 9.98 Å². The Labute approximate surface area is 185 Å². The third-order valence-electron chi connectivity index (χ3n) is 5.35. The van der Waals surface area contributed by atoms with E-state index in [0.717, 1.165) is 53.8 Å². The van der Waals surface area contributed by atoms with Crippen molar-refractivity contribution in [1.82, 2.24) is 15.6 Å². The van der Waals surface area contributed by atoms with Crippen LogP contribution in [-0.2, 0) is 13.1 Å². The van der Waals surface area contributed by atoms with Gasteiger partial charge in [-0.3, -0.25) is 0 Å². The molecule has 7 heteroatoms. The Balaban J connectivity index is 1.70. The van der Waals surface area contributed by atoms with Crippen LogP contribution < -0.4 is 25.0 Å². The lowest BCUT2D eigenvalue weighted by molar-refractivity contribution is 0.198. The maximum atomic E-state index is 6.35. The summed E-state index contributed by atoms with van der Waals surface area (Å²) >= 11 is 0. The monoisotopic (exact) mass is 425 g/mol. The van der Waals surface area contributed by atoms with Gasteiger partial charge in [0.05, 0.1) is 19.8 Å². The van der Waals surface area contributed by atoms with Crippen LogP contribution in [0.15, 0.2) is 41.5 Å². The first-order valence-electron chi connectivity index (χ1n) is 11.1. The first-order valence-corrected chi connectivity index (χ1v) is 11.1. The van der Waals surface area contributed by atoms with E-state index in [1.807, 2.05) is 43.4 Å². The van der Waals surface area contributed by atoms with Crippen LogP contribution in [0.5, 0.6) is 11.5 Å². The van der Waals surface area contributed by atoms with Gasteiger partial charge in [0.15, 0.2) is 17.5 Å². The minimum absolute atomic E-state index is 0.273. The number of benzene rings is 1. The van der Waals surface area contributed by atoms with E-state index in [1.54, 1.807) is 7.11 Å². The molecule has 2 aromatic rings. The summed E-state index contributed by atoms with van der Waals surface area (Å²) in [5.74, 6) is 3.31. The molecule has 0 unspecified atom stereocenters. The van der Waals surface area contributed by atoms with E-state index in [-0.39, 0.29) is 6.10 Å². The molecular weight excluding hydrogens is 390 g/mol. The van der Waals surface area contributed by atoms with Crippen LogP contribution in [0.2, 0.25) is 0 Å². The van der Waals surface area contributed by atoms with Gasteiger partial charge < -0.3 is 25.0 Å². The third kappa shape index (κ3) is 6.51. The molecule has 1 aliphatic rings. The second-order valence-electron chi connectivity index (χ2n) is 7.94. The number of anilines is 1. The van der Waals surface area contributed by atoms with Gasteiger partial charge in [-0.15, -0.1) is 0 Å². The van der Waals surface area contributed by atoms with E-state index >= 15 is 0 Å². The van der Waals surface area contributed by atoms with Gasteiger partial charge in [0.25, 0.3) is 0 Å². The Hall–Kier alpha value is -2.96. The van der Waals surface area contributed by atoms with Crippen LogP contribution in [0.25, 0.3) is 0 Å². The van der Waals surface area contributed by atoms with E-state index in [4.69, 9.17) is 14.5 Å². The van der Waals surface area contributed by atoms with Crippen LogP contribution >= 0.6 is 0 Å². The fraction of sp³-hybridized carbons (Fsp3) is 0.500. The average Bonchev–Trinajstić information content (AvgIpc) is 3.29. The summed E-state index contributed by atoms with van der Waals surface area (Å²) in [5.41, 5.74) is 2.18. The van der Waals surface area contributed by atoms with Crippen molar-refractivity contribution in [2.24, 2.45) is 4.99 Å². The third-order valence-corrected chi connectivity index (χ3v) is 5.35. The van der Waals surface area contributed by atoms with Gasteiger partial charge in [0.1, 0.15) is 5.82 Å². The van der Waals surface area contributed by atoms with Crippen molar-refractivity contribution >= 4 is 11.8 Å². The highest BCUT2D eigenvalue weighted by Gasteiger charge is 2.20. The van der Waals surface area contributed by atoms with Gasteiger partial charge in [-0.05, 0) is 56.4 Å². The number of hydrogen-bond acceptors (Lipinski definition) is 5. The summed E-state index contributed by atoms with van der Waals surface area (Å²) in [4.78, 5) is 11.1. The lowest BCUT2D eigenvalue weighted by atomic mass is 10.1. The van der Waals surface area contributed by atoms with Crippen LogP contribution in [0, 0.1) is 0 Å². The van der Waals surface area contributed by atoms with Crippen LogP contribution in [-0.4, -0.2) is 44.8 Å². The number of guanidine groups is 1. The number of nitrogens with one attached hydrogen (secondary N) is 2. The van der Waals surface area contributed by atoms with Crippen LogP contribution in [0.3, 0.4) is 0 Å². The SMILES string of the molecule is CCNC(=NCc1ccnc(N(C)C)c1)NCc1cccc(OC)c1OC1CCCC1. The summed E-state index contributed by atoms with van der Waals surface area (Å²) in [5, 5.41) is 6.76. The Morgan fingerprint density at radius 2 is 2.00 bits per heavy atom. The first kappa shape index (κ1) is 22.7. The predicted molar refractivity (Wildman–Crippen MR) is 126 cm³/mol. The second-order valence-corrected chi connectivity index (χ2v) is 7.94. The lowest BCUT2D eigenvalue weighted by Crippen LogP contribution is -2.37. The topological polar surface area (TPSA) is 71.0 Å². The average molecular weight is 426 g/mol. The number of aliphatic imine (C=N–C) groups is 1. The summed E-state index contributed by atoms with van der Waals surface area (Å²) in [6, 6.07) is 10.1. The van der Waals surface area contributed by atoms with E-state index < -0.39 is 0 Å². The zero-order valence-electron chi connectivity index (χ0n) is 19.1. The molecule has 1 saturated carbocycles. The maximum absolute atomic E-state index is 6.35. The van der Waals surface area contributed by atoms with Gasteiger partial charge in [0.2, 0.25) is 0 Å². The molecule has 7 nitrogen and oxygen atoms in total. The highest BCUT2D eigenvalue weighted by atomic mass is 16.5. The van der Waals surface area contributed by atoms with Crippen molar-refractivity contribution in [3.05, 3.63) is 47.7 Å². The van der Waals surface area contributed by atoms with E-state index in [1.165, 1.54) is 12.8 Å². The number of hydrogen-bond donors (Lipinski definition) is 2. The molecule has 2 N–H and O–H groups in total. The molecule has 1 aliphatic carbocycles. The molecule has 0 atom stereocenters. The van der Waals surface area contributed by atoms with E-state index in [9.17, 15) is 0 Å². The van der Waals surface area contributed by atoms with Crippen molar-refractivity contribution in [1.29, 1.82) is 0 Å². The predicted octanol–water partition coefficient (Wildman–Crippen LogP) is 3.73. The molecule has 0 aliphatic heterocycles. The Morgan fingerprint density at radius 1 is 1.19 bits per heavy atom. The highest BCUT2D eigenvalue weighted by Crippen LogP contribution is 2.34. The second kappa shape index (κ2) is 11.4. The molecule has 1 aromatic carbocycles. The largest absolute Gasteiger partial charge is 0.493 e. The smallest absolute Gasteiger partial charge is 0.191 e. The molecule has 0 radical (unpaired) electrons. The van der Waals surface area contributed by atoms with Crippen molar-refractivity contribution in [2.45, 2.75) is 51.8 Å². The molecule has 0 saturated heterocycles. The van der Waals surface area contributed by atoms with Gasteiger partial charge >= 0.3 is 0 Å². The molecule has 0 amide bonds. The summed E-state index contributed by atoms with van der Waals surface area (Å²) < 4.78 is 11.9. The fourth-order valence-corrected chi connectivity index (χ4v) is 3.66.